The molecule has 0 aromatic heterocycles. The van der Waals surface area contributed by atoms with Gasteiger partial charge in [-0.3, -0.25) is 4.86 Å². The van der Waals surface area contributed by atoms with Crippen LogP contribution in [0.15, 0.2) is 0 Å². The Kier molecular flexibility index (Phi) is 4.41. The van der Waals surface area contributed by atoms with Crippen LogP contribution in [0.1, 0.15) is 0 Å². The zero-order valence-corrected chi connectivity index (χ0v) is 8.45. The van der Waals surface area contributed by atoms with Gasteiger partial charge in [-0.05, 0) is 13.3 Å². The van der Waals surface area contributed by atoms with E-state index in [0.29, 0.717) is 0 Å². The van der Waals surface area contributed by atoms with Gasteiger partial charge in [0.15, 0.2) is 0 Å². The molecule has 2 atom stereocenters. The molecule has 0 fully saturated rings. The van der Waals surface area contributed by atoms with Gasteiger partial charge in [0.05, 0.1) is 16.1 Å². The molecule has 0 aromatic carbocycles. The molecule has 13 heavy (non-hydrogen) atoms. The van der Waals surface area contributed by atoms with Crippen molar-refractivity contribution in [3.63, 3.8) is 0 Å². The molecule has 0 aromatic rings. The lowest BCUT2D eigenvalue weighted by atomic mass is 11.5. The van der Waals surface area contributed by atoms with E-state index in [0.717, 1.165) is 13.3 Å². The van der Waals surface area contributed by atoms with E-state index in [2.05, 4.69) is 0 Å². The first-order chi connectivity index (χ1) is 5.55. The lowest BCUT2D eigenvalue weighted by Crippen LogP contribution is -2.19. The van der Waals surface area contributed by atoms with Gasteiger partial charge in [-0.1, -0.05) is 0 Å². The average molecular weight is 245 g/mol. The maximum Gasteiger partial charge on any atom is 0.418 e. The SMILES string of the molecule is CP(NP(C)C(F)(F)F)C(F)(F)F. The topological polar surface area (TPSA) is 12.0 Å². The Morgan fingerprint density at radius 2 is 1.00 bits per heavy atom. The van der Waals surface area contributed by atoms with E-state index in [9.17, 15) is 26.3 Å². The van der Waals surface area contributed by atoms with Gasteiger partial charge in [-0.25, -0.2) is 0 Å². The molecule has 9 heteroatoms. The minimum atomic E-state index is -4.57. The van der Waals surface area contributed by atoms with Gasteiger partial charge >= 0.3 is 11.8 Å². The monoisotopic (exact) mass is 245 g/mol. The van der Waals surface area contributed by atoms with Crippen molar-refractivity contribution in [1.29, 1.82) is 0 Å². The Bertz CT molecular complexity index is 147. The van der Waals surface area contributed by atoms with E-state index in [1.165, 1.54) is 4.86 Å². The quantitative estimate of drug-likeness (QED) is 0.578. The van der Waals surface area contributed by atoms with E-state index in [-0.39, 0.29) is 0 Å². The summed E-state index contributed by atoms with van der Waals surface area (Å²) in [5, 5.41) is 0. The second kappa shape index (κ2) is 4.28. The molecule has 0 radical (unpaired) electrons. The number of hydrogen-bond acceptors (Lipinski definition) is 1. The Balaban J connectivity index is 4.15. The molecule has 0 bridgehead atoms. The fourth-order valence-electron chi connectivity index (χ4n) is 0.338. The molecule has 0 spiro atoms. The van der Waals surface area contributed by atoms with Gasteiger partial charge < -0.3 is 0 Å². The zero-order chi connectivity index (χ0) is 10.9. The smallest absolute Gasteiger partial charge is 0.259 e. The van der Waals surface area contributed by atoms with Crippen LogP contribution in [0.5, 0.6) is 0 Å². The molecule has 1 nitrogen and oxygen atoms in total. The summed E-state index contributed by atoms with van der Waals surface area (Å²) in [5.74, 6) is -9.14. The van der Waals surface area contributed by atoms with Crippen LogP contribution in [0.25, 0.3) is 0 Å². The molecule has 1 N–H and O–H groups in total. The molecule has 0 saturated heterocycles. The maximum atomic E-state index is 11.8. The third kappa shape index (κ3) is 4.99. The first kappa shape index (κ1) is 13.4. The number of nitrogens with one attached hydrogen (secondary N) is 1. The molecule has 2 unspecified atom stereocenters. The Hall–Kier alpha value is 0.400. The second-order valence-electron chi connectivity index (χ2n) is 2.15. The normalized spacial score (nSPS) is 18.5. The van der Waals surface area contributed by atoms with E-state index in [4.69, 9.17) is 0 Å². The Morgan fingerprint density at radius 1 is 0.769 bits per heavy atom. The molecular formula is C4H7F6NP2. The van der Waals surface area contributed by atoms with Crippen molar-refractivity contribution < 1.29 is 26.3 Å². The maximum absolute atomic E-state index is 11.8. The van der Waals surface area contributed by atoms with E-state index < -0.39 is 28.0 Å². The molecule has 0 aliphatic carbocycles. The number of rotatable bonds is 2. The van der Waals surface area contributed by atoms with Crippen molar-refractivity contribution in [3.8, 4) is 0 Å². The lowest BCUT2D eigenvalue weighted by Gasteiger charge is -2.23. The highest BCUT2D eigenvalue weighted by Gasteiger charge is 2.43. The minimum absolute atomic E-state index is 0.722. The molecule has 0 amide bonds. The van der Waals surface area contributed by atoms with E-state index >= 15 is 0 Å². The van der Waals surface area contributed by atoms with Gasteiger partial charge in [-0.2, -0.15) is 26.3 Å². The van der Waals surface area contributed by atoms with Crippen LogP contribution in [0.4, 0.5) is 26.3 Å². The predicted molar refractivity (Wildman–Crippen MR) is 40.9 cm³/mol. The Morgan fingerprint density at radius 3 is 1.15 bits per heavy atom. The van der Waals surface area contributed by atoms with Crippen molar-refractivity contribution in [2.75, 3.05) is 13.3 Å². The van der Waals surface area contributed by atoms with E-state index in [1.54, 1.807) is 0 Å². The van der Waals surface area contributed by atoms with Crippen LogP contribution < -0.4 is 4.86 Å². The first-order valence-electron chi connectivity index (χ1n) is 2.92. The number of hydrogen-bond donors (Lipinski definition) is 1. The molecule has 0 saturated carbocycles. The second-order valence-corrected chi connectivity index (χ2v) is 6.20. The summed E-state index contributed by atoms with van der Waals surface area (Å²) in [6, 6.07) is 0. The zero-order valence-electron chi connectivity index (χ0n) is 6.66. The molecule has 80 valence electrons. The molecular weight excluding hydrogens is 238 g/mol. The first-order valence-corrected chi connectivity index (χ1v) is 6.50. The van der Waals surface area contributed by atoms with Crippen LogP contribution in [-0.4, -0.2) is 25.2 Å². The summed E-state index contributed by atoms with van der Waals surface area (Å²) < 4.78 is 70.8. The third-order valence-corrected chi connectivity index (χ3v) is 4.98. The van der Waals surface area contributed by atoms with Crippen LogP contribution >= 0.6 is 16.1 Å². The Labute approximate surface area is 73.5 Å². The van der Waals surface area contributed by atoms with Crippen molar-refractivity contribution in [1.82, 2.24) is 4.86 Å². The number of alkyl halides is 6. The van der Waals surface area contributed by atoms with Crippen LogP contribution in [-0.2, 0) is 0 Å². The van der Waals surface area contributed by atoms with Crippen molar-refractivity contribution in [2.45, 2.75) is 11.8 Å². The number of halogens is 6. The highest BCUT2D eigenvalue weighted by Crippen LogP contribution is 2.57. The molecule has 0 rings (SSSR count). The van der Waals surface area contributed by atoms with Crippen molar-refractivity contribution >= 4 is 16.1 Å². The largest absolute Gasteiger partial charge is 0.418 e. The van der Waals surface area contributed by atoms with Crippen molar-refractivity contribution in [2.24, 2.45) is 0 Å². The molecule has 0 heterocycles. The summed E-state index contributed by atoms with van der Waals surface area (Å²) in [5.41, 5.74) is 0. The summed E-state index contributed by atoms with van der Waals surface area (Å²) in [7, 11) is -5.53. The summed E-state index contributed by atoms with van der Waals surface area (Å²) in [4.78, 5) is 1.54. The molecule has 0 aliphatic heterocycles. The fourth-order valence-corrected chi connectivity index (χ4v) is 3.05. The lowest BCUT2D eigenvalue weighted by molar-refractivity contribution is -0.0430. The van der Waals surface area contributed by atoms with E-state index in [1.807, 2.05) is 0 Å². The highest BCUT2D eigenvalue weighted by atomic mass is 31.2. The van der Waals surface area contributed by atoms with Gasteiger partial charge in [0.1, 0.15) is 0 Å². The average Bonchev–Trinajstić information content (AvgIpc) is 1.82. The summed E-state index contributed by atoms with van der Waals surface area (Å²) in [6.07, 6.45) is 0. The minimum Gasteiger partial charge on any atom is -0.259 e. The highest BCUT2D eigenvalue weighted by molar-refractivity contribution is 7.71. The van der Waals surface area contributed by atoms with Gasteiger partial charge in [0.25, 0.3) is 0 Å². The summed E-state index contributed by atoms with van der Waals surface area (Å²) >= 11 is 0. The van der Waals surface area contributed by atoms with Crippen LogP contribution in [0.2, 0.25) is 0 Å². The van der Waals surface area contributed by atoms with Crippen molar-refractivity contribution in [3.05, 3.63) is 0 Å². The van der Waals surface area contributed by atoms with Crippen LogP contribution in [0.3, 0.4) is 0 Å². The molecule has 0 aliphatic rings. The summed E-state index contributed by atoms with van der Waals surface area (Å²) in [6.45, 7) is 1.44. The standard InChI is InChI=1S/C4H7F6NP2/c1-12(3(5,6)7)11-13(2)4(8,9)10/h11H,1-2H3. The van der Waals surface area contributed by atoms with Gasteiger partial charge in [0, 0.05) is 0 Å². The van der Waals surface area contributed by atoms with Gasteiger partial charge in [-0.15, -0.1) is 0 Å². The predicted octanol–water partition coefficient (Wildman–Crippen LogP) is 3.67. The van der Waals surface area contributed by atoms with Gasteiger partial charge in [0.2, 0.25) is 0 Å². The fraction of sp³-hybridized carbons (Fsp3) is 1.00. The third-order valence-electron chi connectivity index (χ3n) is 1.06. The van der Waals surface area contributed by atoms with Crippen LogP contribution in [0, 0.1) is 0 Å².